The summed E-state index contributed by atoms with van der Waals surface area (Å²) >= 11 is 0. The molecule has 16 heavy (non-hydrogen) atoms. The third-order valence-electron chi connectivity index (χ3n) is 3.73. The molecule has 0 aliphatic heterocycles. The molecule has 1 fully saturated rings. The molecule has 1 aliphatic rings. The van der Waals surface area contributed by atoms with Crippen LogP contribution in [0.5, 0.6) is 0 Å². The van der Waals surface area contributed by atoms with Crippen molar-refractivity contribution < 1.29 is 0 Å². The van der Waals surface area contributed by atoms with Crippen molar-refractivity contribution in [3.05, 3.63) is 12.2 Å². The second kappa shape index (κ2) is 5.43. The highest BCUT2D eigenvalue weighted by Crippen LogP contribution is 2.27. The maximum absolute atomic E-state index is 4.08. The minimum absolute atomic E-state index is 0.649. The highest BCUT2D eigenvalue weighted by molar-refractivity contribution is 4.86. The van der Waals surface area contributed by atoms with Gasteiger partial charge in [-0.05, 0) is 25.7 Å². The molecule has 90 valence electrons. The third-order valence-corrected chi connectivity index (χ3v) is 3.73. The Bertz CT molecular complexity index is 315. The molecule has 1 N–H and O–H groups in total. The molecule has 2 rings (SSSR count). The maximum atomic E-state index is 4.08. The Morgan fingerprint density at radius 1 is 1.50 bits per heavy atom. The van der Waals surface area contributed by atoms with Crippen LogP contribution in [0.25, 0.3) is 0 Å². The van der Waals surface area contributed by atoms with Crippen LogP contribution < -0.4 is 5.32 Å². The molecule has 1 saturated carbocycles. The molecule has 0 amide bonds. The van der Waals surface area contributed by atoms with Gasteiger partial charge in [-0.2, -0.15) is 0 Å². The minimum atomic E-state index is 0.649. The summed E-state index contributed by atoms with van der Waals surface area (Å²) < 4.78 is 1.99. The van der Waals surface area contributed by atoms with E-state index in [0.29, 0.717) is 6.04 Å². The van der Waals surface area contributed by atoms with Crippen LogP contribution in [-0.2, 0) is 13.5 Å². The molecule has 1 aliphatic carbocycles. The molecule has 1 aromatic heterocycles. The van der Waals surface area contributed by atoms with Crippen LogP contribution in [0, 0.1) is 5.92 Å². The molecule has 1 aromatic rings. The summed E-state index contributed by atoms with van der Waals surface area (Å²) in [4.78, 5) is 0. The summed E-state index contributed by atoms with van der Waals surface area (Å²) in [7, 11) is 2.00. The number of nitrogens with zero attached hydrogens (tertiary/aromatic N) is 3. The van der Waals surface area contributed by atoms with Crippen molar-refractivity contribution in [1.82, 2.24) is 20.1 Å². The lowest BCUT2D eigenvalue weighted by atomic mass is 10.00. The van der Waals surface area contributed by atoms with Crippen LogP contribution in [0.3, 0.4) is 0 Å². The zero-order valence-corrected chi connectivity index (χ0v) is 10.3. The first-order valence-electron chi connectivity index (χ1n) is 6.33. The van der Waals surface area contributed by atoms with Gasteiger partial charge in [-0.25, -0.2) is 0 Å². The summed E-state index contributed by atoms with van der Waals surface area (Å²) in [5.74, 6) is 1.95. The Hall–Kier alpha value is -0.900. The summed E-state index contributed by atoms with van der Waals surface area (Å²) in [6.07, 6.45) is 8.36. The van der Waals surface area contributed by atoms with Crippen LogP contribution in [-0.4, -0.2) is 27.4 Å². The van der Waals surface area contributed by atoms with Gasteiger partial charge in [0.05, 0.1) is 0 Å². The van der Waals surface area contributed by atoms with Gasteiger partial charge in [0.15, 0.2) is 0 Å². The van der Waals surface area contributed by atoms with Gasteiger partial charge >= 0.3 is 0 Å². The van der Waals surface area contributed by atoms with Crippen LogP contribution in [0.1, 0.15) is 38.4 Å². The Balaban J connectivity index is 1.69. The van der Waals surface area contributed by atoms with E-state index < -0.39 is 0 Å². The van der Waals surface area contributed by atoms with Gasteiger partial charge < -0.3 is 9.88 Å². The standard InChI is InChI=1S/C12H22N4/c1-10(11-5-3-4-6-11)13-8-7-12-15-14-9-16(12)2/h9-11,13H,3-8H2,1-2H3. The molecule has 0 aromatic carbocycles. The van der Waals surface area contributed by atoms with Crippen molar-refractivity contribution >= 4 is 0 Å². The summed E-state index contributed by atoms with van der Waals surface area (Å²) in [5, 5.41) is 11.6. The van der Waals surface area contributed by atoms with Crippen molar-refractivity contribution in [3.8, 4) is 0 Å². The van der Waals surface area contributed by atoms with Crippen LogP contribution in [0.4, 0.5) is 0 Å². The van der Waals surface area contributed by atoms with Crippen molar-refractivity contribution in [1.29, 1.82) is 0 Å². The lowest BCUT2D eigenvalue weighted by molar-refractivity contribution is 0.382. The zero-order chi connectivity index (χ0) is 11.4. The quantitative estimate of drug-likeness (QED) is 0.821. The van der Waals surface area contributed by atoms with Gasteiger partial charge in [0, 0.05) is 26.1 Å². The molecule has 0 bridgehead atoms. The van der Waals surface area contributed by atoms with E-state index in [1.54, 1.807) is 6.33 Å². The fourth-order valence-electron chi connectivity index (χ4n) is 2.57. The van der Waals surface area contributed by atoms with E-state index in [2.05, 4.69) is 22.4 Å². The number of nitrogens with one attached hydrogen (secondary N) is 1. The first kappa shape index (κ1) is 11.6. The molecule has 1 heterocycles. The van der Waals surface area contributed by atoms with E-state index in [9.17, 15) is 0 Å². The molecule has 4 nitrogen and oxygen atoms in total. The first-order valence-corrected chi connectivity index (χ1v) is 6.33. The van der Waals surface area contributed by atoms with E-state index in [4.69, 9.17) is 0 Å². The van der Waals surface area contributed by atoms with Gasteiger partial charge in [-0.15, -0.1) is 10.2 Å². The van der Waals surface area contributed by atoms with E-state index in [1.807, 2.05) is 11.6 Å². The van der Waals surface area contributed by atoms with Gasteiger partial charge in [0.25, 0.3) is 0 Å². The summed E-state index contributed by atoms with van der Waals surface area (Å²) in [6, 6.07) is 0.649. The van der Waals surface area contributed by atoms with Crippen molar-refractivity contribution in [2.75, 3.05) is 6.54 Å². The smallest absolute Gasteiger partial charge is 0.133 e. The number of hydrogen-bond acceptors (Lipinski definition) is 3. The normalized spacial score (nSPS) is 19.1. The Morgan fingerprint density at radius 2 is 2.25 bits per heavy atom. The average molecular weight is 222 g/mol. The van der Waals surface area contributed by atoms with Gasteiger partial charge in [-0.1, -0.05) is 12.8 Å². The minimum Gasteiger partial charge on any atom is -0.321 e. The average Bonchev–Trinajstić information content (AvgIpc) is 2.90. The van der Waals surface area contributed by atoms with Gasteiger partial charge in [-0.3, -0.25) is 0 Å². The number of aryl methyl sites for hydroxylation is 1. The van der Waals surface area contributed by atoms with Crippen LogP contribution in [0.2, 0.25) is 0 Å². The third kappa shape index (κ3) is 2.82. The predicted octanol–water partition coefficient (Wildman–Crippen LogP) is 1.53. The van der Waals surface area contributed by atoms with E-state index in [-0.39, 0.29) is 0 Å². The summed E-state index contributed by atoms with van der Waals surface area (Å²) in [6.45, 7) is 3.32. The largest absolute Gasteiger partial charge is 0.321 e. The highest BCUT2D eigenvalue weighted by atomic mass is 15.2. The highest BCUT2D eigenvalue weighted by Gasteiger charge is 2.20. The number of rotatable bonds is 5. The first-order chi connectivity index (χ1) is 7.77. The Morgan fingerprint density at radius 3 is 2.88 bits per heavy atom. The molecule has 0 spiro atoms. The van der Waals surface area contributed by atoms with Crippen molar-refractivity contribution in [3.63, 3.8) is 0 Å². The maximum Gasteiger partial charge on any atom is 0.133 e. The molecule has 1 unspecified atom stereocenters. The second-order valence-corrected chi connectivity index (χ2v) is 4.90. The predicted molar refractivity (Wildman–Crippen MR) is 64.1 cm³/mol. The molecular weight excluding hydrogens is 200 g/mol. The van der Waals surface area contributed by atoms with E-state index in [0.717, 1.165) is 24.7 Å². The van der Waals surface area contributed by atoms with E-state index in [1.165, 1.54) is 25.7 Å². The Kier molecular flexibility index (Phi) is 3.93. The van der Waals surface area contributed by atoms with Crippen molar-refractivity contribution in [2.45, 2.75) is 45.1 Å². The Labute approximate surface area is 97.5 Å². The second-order valence-electron chi connectivity index (χ2n) is 4.90. The fourth-order valence-corrected chi connectivity index (χ4v) is 2.57. The van der Waals surface area contributed by atoms with Crippen LogP contribution >= 0.6 is 0 Å². The summed E-state index contributed by atoms with van der Waals surface area (Å²) in [5.41, 5.74) is 0. The van der Waals surface area contributed by atoms with E-state index >= 15 is 0 Å². The molecule has 4 heteroatoms. The number of hydrogen-bond donors (Lipinski definition) is 1. The molecule has 0 radical (unpaired) electrons. The van der Waals surface area contributed by atoms with Gasteiger partial charge in [0.2, 0.25) is 0 Å². The van der Waals surface area contributed by atoms with Crippen LogP contribution in [0.15, 0.2) is 6.33 Å². The lowest BCUT2D eigenvalue weighted by Gasteiger charge is -2.20. The van der Waals surface area contributed by atoms with Gasteiger partial charge in [0.1, 0.15) is 12.2 Å². The molecule has 0 saturated heterocycles. The topological polar surface area (TPSA) is 42.7 Å². The number of aromatic nitrogens is 3. The monoisotopic (exact) mass is 222 g/mol. The molecular formula is C12H22N4. The SMILES string of the molecule is CC(NCCc1nncn1C)C1CCCC1. The lowest BCUT2D eigenvalue weighted by Crippen LogP contribution is -2.34. The fraction of sp³-hybridized carbons (Fsp3) is 0.833. The molecule has 1 atom stereocenters. The zero-order valence-electron chi connectivity index (χ0n) is 10.3. The van der Waals surface area contributed by atoms with Crippen molar-refractivity contribution in [2.24, 2.45) is 13.0 Å².